The Morgan fingerprint density at radius 1 is 0.882 bits per heavy atom. The van der Waals surface area contributed by atoms with Crippen molar-refractivity contribution in [3.8, 4) is 5.75 Å². The van der Waals surface area contributed by atoms with Crippen LogP contribution >= 0.6 is 0 Å². The molecule has 34 heavy (non-hydrogen) atoms. The number of pyridine rings is 1. The molecule has 0 N–H and O–H groups in total. The summed E-state index contributed by atoms with van der Waals surface area (Å²) in [5, 5.41) is 1.59. The van der Waals surface area contributed by atoms with Crippen LogP contribution in [0.15, 0.2) is 96.2 Å². The number of ether oxygens (including phenoxy) is 2. The molecule has 0 saturated carbocycles. The predicted molar refractivity (Wildman–Crippen MR) is 133 cm³/mol. The van der Waals surface area contributed by atoms with Crippen LogP contribution in [0.25, 0.3) is 10.8 Å². The van der Waals surface area contributed by atoms with Crippen LogP contribution in [0, 0.1) is 0 Å². The van der Waals surface area contributed by atoms with Gasteiger partial charge < -0.3 is 9.47 Å². The van der Waals surface area contributed by atoms with Gasteiger partial charge in [-0.05, 0) is 53.8 Å². The molecule has 7 heteroatoms. The van der Waals surface area contributed by atoms with Crippen molar-refractivity contribution in [3.63, 3.8) is 0 Å². The standard InChI is InChI=1S/C27H28N2O4S/c1-21(20-32-2)33-25-10-5-7-23(17-25)19-29(18-22-13-15-28-16-14-22)34(30,31)27-12-6-9-24-8-3-4-11-26(24)27/h3-17,21H,18-20H2,1-2H3. The van der Waals surface area contributed by atoms with Gasteiger partial charge in [0.25, 0.3) is 0 Å². The quantitative estimate of drug-likeness (QED) is 0.321. The highest BCUT2D eigenvalue weighted by molar-refractivity contribution is 7.89. The summed E-state index contributed by atoms with van der Waals surface area (Å²) >= 11 is 0. The van der Waals surface area contributed by atoms with Gasteiger partial charge in [-0.25, -0.2) is 8.42 Å². The maximum Gasteiger partial charge on any atom is 0.244 e. The lowest BCUT2D eigenvalue weighted by Crippen LogP contribution is -2.30. The lowest BCUT2D eigenvalue weighted by molar-refractivity contribution is 0.0920. The normalized spacial score (nSPS) is 12.7. The zero-order valence-corrected chi connectivity index (χ0v) is 20.1. The molecule has 1 atom stereocenters. The summed E-state index contributed by atoms with van der Waals surface area (Å²) < 4.78 is 40.5. The van der Waals surface area contributed by atoms with Crippen LogP contribution in [-0.2, 0) is 27.8 Å². The molecule has 4 rings (SSSR count). The number of sulfonamides is 1. The summed E-state index contributed by atoms with van der Waals surface area (Å²) in [5.74, 6) is 0.675. The average molecular weight is 477 g/mol. The van der Waals surface area contributed by atoms with Gasteiger partial charge in [-0.2, -0.15) is 4.31 Å². The number of aromatic nitrogens is 1. The van der Waals surface area contributed by atoms with Crippen molar-refractivity contribution >= 4 is 20.8 Å². The molecule has 0 aliphatic heterocycles. The summed E-state index contributed by atoms with van der Waals surface area (Å²) in [6.45, 7) is 2.81. The Kier molecular flexibility index (Phi) is 7.57. The van der Waals surface area contributed by atoms with E-state index >= 15 is 0 Å². The van der Waals surface area contributed by atoms with Gasteiger partial charge in [0.1, 0.15) is 11.9 Å². The van der Waals surface area contributed by atoms with E-state index in [0.29, 0.717) is 22.6 Å². The third kappa shape index (κ3) is 5.62. The molecule has 1 unspecified atom stereocenters. The third-order valence-electron chi connectivity index (χ3n) is 5.47. The number of hydrogen-bond donors (Lipinski definition) is 0. The number of rotatable bonds is 10. The van der Waals surface area contributed by atoms with Gasteiger partial charge in [0.15, 0.2) is 0 Å². The van der Waals surface area contributed by atoms with Gasteiger partial charge in [-0.1, -0.05) is 48.5 Å². The fourth-order valence-corrected chi connectivity index (χ4v) is 5.53. The Hall–Kier alpha value is -3.26. The van der Waals surface area contributed by atoms with Crippen molar-refractivity contribution in [1.29, 1.82) is 0 Å². The maximum atomic E-state index is 14.0. The van der Waals surface area contributed by atoms with Gasteiger partial charge >= 0.3 is 0 Å². The number of fused-ring (bicyclic) bond motifs is 1. The molecule has 0 saturated heterocycles. The third-order valence-corrected chi connectivity index (χ3v) is 7.32. The molecule has 6 nitrogen and oxygen atoms in total. The second-order valence-corrected chi connectivity index (χ2v) is 10.0. The van der Waals surface area contributed by atoms with Crippen molar-refractivity contribution < 1.29 is 17.9 Å². The highest BCUT2D eigenvalue weighted by Gasteiger charge is 2.27. The molecular weight excluding hydrogens is 448 g/mol. The molecule has 176 valence electrons. The van der Waals surface area contributed by atoms with E-state index in [1.807, 2.05) is 73.7 Å². The van der Waals surface area contributed by atoms with Gasteiger partial charge in [0.2, 0.25) is 10.0 Å². The first-order valence-electron chi connectivity index (χ1n) is 11.1. The highest BCUT2D eigenvalue weighted by Crippen LogP contribution is 2.28. The molecule has 0 spiro atoms. The molecule has 1 aromatic heterocycles. The molecule has 4 aromatic rings. The molecule has 0 fully saturated rings. The number of hydrogen-bond acceptors (Lipinski definition) is 5. The molecular formula is C27H28N2O4S. The van der Waals surface area contributed by atoms with Gasteiger partial charge in [0, 0.05) is 38.0 Å². The number of methoxy groups -OCH3 is 1. The largest absolute Gasteiger partial charge is 0.488 e. The van der Waals surface area contributed by atoms with Gasteiger partial charge in [-0.15, -0.1) is 0 Å². The fourth-order valence-electron chi connectivity index (χ4n) is 3.90. The van der Waals surface area contributed by atoms with Crippen LogP contribution in [0.1, 0.15) is 18.1 Å². The number of nitrogens with zero attached hydrogens (tertiary/aromatic N) is 2. The molecule has 0 radical (unpaired) electrons. The van der Waals surface area contributed by atoms with E-state index in [2.05, 4.69) is 4.98 Å². The average Bonchev–Trinajstić information content (AvgIpc) is 2.84. The van der Waals surface area contributed by atoms with E-state index < -0.39 is 10.0 Å². The highest BCUT2D eigenvalue weighted by atomic mass is 32.2. The van der Waals surface area contributed by atoms with Crippen molar-refractivity contribution in [2.24, 2.45) is 0 Å². The number of benzene rings is 3. The van der Waals surface area contributed by atoms with E-state index in [1.165, 1.54) is 4.31 Å². The Bertz CT molecular complexity index is 1340. The first-order valence-corrected chi connectivity index (χ1v) is 12.5. The smallest absolute Gasteiger partial charge is 0.244 e. The predicted octanol–water partition coefficient (Wildman–Crippen LogP) is 5.04. The van der Waals surface area contributed by atoms with E-state index in [4.69, 9.17) is 9.47 Å². The van der Waals surface area contributed by atoms with Crippen LogP contribution in [0.5, 0.6) is 5.75 Å². The summed E-state index contributed by atoms with van der Waals surface area (Å²) in [6.07, 6.45) is 3.22. The second-order valence-electron chi connectivity index (χ2n) is 8.14. The molecule has 1 heterocycles. The first-order chi connectivity index (χ1) is 16.5. The Morgan fingerprint density at radius 2 is 1.59 bits per heavy atom. The van der Waals surface area contributed by atoms with Crippen molar-refractivity contribution in [1.82, 2.24) is 9.29 Å². The van der Waals surface area contributed by atoms with Gasteiger partial charge in [-0.3, -0.25) is 4.98 Å². The van der Waals surface area contributed by atoms with Crippen LogP contribution in [-0.4, -0.2) is 37.5 Å². The minimum Gasteiger partial charge on any atom is -0.488 e. The van der Waals surface area contributed by atoms with E-state index in [1.54, 1.807) is 31.6 Å². The zero-order valence-electron chi connectivity index (χ0n) is 19.3. The van der Waals surface area contributed by atoms with Crippen molar-refractivity contribution in [3.05, 3.63) is 102 Å². The van der Waals surface area contributed by atoms with Crippen LogP contribution in [0.2, 0.25) is 0 Å². The summed E-state index contributed by atoms with van der Waals surface area (Å²) in [4.78, 5) is 4.35. The molecule has 0 aliphatic carbocycles. The monoisotopic (exact) mass is 476 g/mol. The topological polar surface area (TPSA) is 68.7 Å². The SMILES string of the molecule is COCC(C)Oc1cccc(CN(Cc2ccncc2)S(=O)(=O)c2cccc3ccccc23)c1. The second kappa shape index (κ2) is 10.8. The van der Waals surface area contributed by atoms with E-state index in [9.17, 15) is 8.42 Å². The van der Waals surface area contributed by atoms with E-state index in [-0.39, 0.29) is 19.2 Å². The van der Waals surface area contributed by atoms with Crippen LogP contribution in [0.4, 0.5) is 0 Å². The Morgan fingerprint density at radius 3 is 2.38 bits per heavy atom. The first kappa shape index (κ1) is 23.9. The zero-order chi connectivity index (χ0) is 24.0. The minimum atomic E-state index is -3.82. The lowest BCUT2D eigenvalue weighted by Gasteiger charge is -2.24. The fraction of sp³-hybridized carbons (Fsp3) is 0.222. The van der Waals surface area contributed by atoms with Crippen LogP contribution < -0.4 is 4.74 Å². The Balaban J connectivity index is 1.70. The molecule has 0 amide bonds. The van der Waals surface area contributed by atoms with Crippen molar-refractivity contribution in [2.75, 3.05) is 13.7 Å². The maximum absolute atomic E-state index is 14.0. The Labute approximate surface area is 200 Å². The lowest BCUT2D eigenvalue weighted by atomic mass is 10.1. The molecule has 0 bridgehead atoms. The van der Waals surface area contributed by atoms with Crippen molar-refractivity contribution in [2.45, 2.75) is 31.0 Å². The van der Waals surface area contributed by atoms with Gasteiger partial charge in [0.05, 0.1) is 11.5 Å². The molecule has 0 aliphatic rings. The summed E-state index contributed by atoms with van der Waals surface area (Å²) in [5.41, 5.74) is 1.69. The van der Waals surface area contributed by atoms with Crippen LogP contribution in [0.3, 0.4) is 0 Å². The summed E-state index contributed by atoms with van der Waals surface area (Å²) in [7, 11) is -2.19. The minimum absolute atomic E-state index is 0.118. The molecule has 3 aromatic carbocycles. The summed E-state index contributed by atoms with van der Waals surface area (Å²) in [6, 6.07) is 24.1. The van der Waals surface area contributed by atoms with E-state index in [0.717, 1.165) is 16.5 Å².